The molecule has 0 saturated heterocycles. The number of aliphatic hydroxyl groups excluding tert-OH is 1. The third kappa shape index (κ3) is 3.07. The van der Waals surface area contributed by atoms with Gasteiger partial charge in [-0.25, -0.2) is 4.79 Å². The summed E-state index contributed by atoms with van der Waals surface area (Å²) >= 11 is 0. The monoisotopic (exact) mass is 251 g/mol. The molecule has 1 aromatic carbocycles. The van der Waals surface area contributed by atoms with Gasteiger partial charge < -0.3 is 15.5 Å². The van der Waals surface area contributed by atoms with Crippen LogP contribution in [0.5, 0.6) is 0 Å². The van der Waals surface area contributed by atoms with Crippen LogP contribution in [-0.2, 0) is 4.79 Å². The molecule has 1 amide bonds. The van der Waals surface area contributed by atoms with E-state index in [2.05, 4.69) is 5.32 Å². The second-order valence-corrected chi connectivity index (χ2v) is 4.12. The van der Waals surface area contributed by atoms with Crippen molar-refractivity contribution in [1.29, 1.82) is 0 Å². The molecule has 1 aromatic rings. The smallest absolute Gasteiger partial charge is 0.331 e. The van der Waals surface area contributed by atoms with E-state index in [-0.39, 0.29) is 6.42 Å². The van der Waals surface area contributed by atoms with Crippen LogP contribution < -0.4 is 5.32 Å². The Bertz CT molecular complexity index is 418. The number of benzene rings is 1. The van der Waals surface area contributed by atoms with Gasteiger partial charge >= 0.3 is 5.97 Å². The topological polar surface area (TPSA) is 86.6 Å². The van der Waals surface area contributed by atoms with Gasteiger partial charge in [-0.3, -0.25) is 4.79 Å². The van der Waals surface area contributed by atoms with Crippen molar-refractivity contribution in [3.8, 4) is 0 Å². The zero-order chi connectivity index (χ0) is 13.6. The summed E-state index contributed by atoms with van der Waals surface area (Å²) in [5, 5.41) is 20.9. The molecule has 0 bridgehead atoms. The minimum Gasteiger partial charge on any atom is -0.479 e. The fraction of sp³-hybridized carbons (Fsp3) is 0.385. The second kappa shape index (κ2) is 6.16. The normalized spacial score (nSPS) is 13.7. The first-order valence-electron chi connectivity index (χ1n) is 5.77. The van der Waals surface area contributed by atoms with Gasteiger partial charge in [-0.15, -0.1) is 0 Å². The fourth-order valence-corrected chi connectivity index (χ4v) is 1.71. The van der Waals surface area contributed by atoms with E-state index >= 15 is 0 Å². The molecule has 5 nitrogen and oxygen atoms in total. The summed E-state index contributed by atoms with van der Waals surface area (Å²) < 4.78 is 0. The van der Waals surface area contributed by atoms with Crippen molar-refractivity contribution in [3.05, 3.63) is 35.9 Å². The Morgan fingerprint density at radius 1 is 1.28 bits per heavy atom. The van der Waals surface area contributed by atoms with E-state index in [1.54, 1.807) is 37.3 Å². The highest BCUT2D eigenvalue weighted by molar-refractivity contribution is 5.97. The maximum absolute atomic E-state index is 11.9. The van der Waals surface area contributed by atoms with E-state index in [0.29, 0.717) is 12.0 Å². The van der Waals surface area contributed by atoms with Crippen LogP contribution in [0.4, 0.5) is 0 Å². The maximum atomic E-state index is 11.9. The van der Waals surface area contributed by atoms with Gasteiger partial charge in [-0.1, -0.05) is 31.5 Å². The van der Waals surface area contributed by atoms with E-state index in [1.165, 1.54) is 0 Å². The number of hydrogen-bond donors (Lipinski definition) is 3. The lowest BCUT2D eigenvalue weighted by Crippen LogP contribution is -2.57. The molecule has 0 aromatic heterocycles. The molecule has 0 fully saturated rings. The molecule has 0 aliphatic rings. The van der Waals surface area contributed by atoms with Crippen LogP contribution in [0.15, 0.2) is 30.3 Å². The number of amides is 1. The molecule has 0 aliphatic carbocycles. The number of aliphatic carboxylic acids is 1. The van der Waals surface area contributed by atoms with Gasteiger partial charge in [0, 0.05) is 5.56 Å². The Kier molecular flexibility index (Phi) is 4.85. The lowest BCUT2D eigenvalue weighted by Gasteiger charge is -2.28. The van der Waals surface area contributed by atoms with Crippen LogP contribution >= 0.6 is 0 Å². The van der Waals surface area contributed by atoms with Gasteiger partial charge in [0.05, 0.1) is 6.61 Å². The Morgan fingerprint density at radius 3 is 2.33 bits per heavy atom. The highest BCUT2D eigenvalue weighted by Gasteiger charge is 2.38. The highest BCUT2D eigenvalue weighted by Crippen LogP contribution is 2.14. The molecular weight excluding hydrogens is 234 g/mol. The number of carbonyl (C=O) groups excluding carboxylic acids is 1. The van der Waals surface area contributed by atoms with Crippen molar-refractivity contribution in [2.75, 3.05) is 6.61 Å². The Balaban J connectivity index is 2.91. The second-order valence-electron chi connectivity index (χ2n) is 4.12. The SMILES string of the molecule is CCCC(CO)(NC(=O)c1ccccc1)C(=O)O. The molecule has 0 aliphatic heterocycles. The summed E-state index contributed by atoms with van der Waals surface area (Å²) in [4.78, 5) is 23.1. The van der Waals surface area contributed by atoms with Crippen LogP contribution in [0.2, 0.25) is 0 Å². The molecule has 0 heterocycles. The molecular formula is C13H17NO4. The van der Waals surface area contributed by atoms with Crippen molar-refractivity contribution < 1.29 is 19.8 Å². The van der Waals surface area contributed by atoms with Gasteiger partial charge in [0.15, 0.2) is 5.54 Å². The average molecular weight is 251 g/mol. The van der Waals surface area contributed by atoms with E-state index in [4.69, 9.17) is 0 Å². The number of nitrogens with one attached hydrogen (secondary N) is 1. The van der Waals surface area contributed by atoms with Gasteiger partial charge in [-0.05, 0) is 18.6 Å². The number of carbonyl (C=O) groups is 2. The summed E-state index contributed by atoms with van der Waals surface area (Å²) in [5.74, 6) is -1.73. The van der Waals surface area contributed by atoms with Crippen molar-refractivity contribution in [2.45, 2.75) is 25.3 Å². The van der Waals surface area contributed by atoms with E-state index < -0.39 is 24.0 Å². The molecule has 3 N–H and O–H groups in total. The van der Waals surface area contributed by atoms with Gasteiger partial charge in [0.1, 0.15) is 0 Å². The van der Waals surface area contributed by atoms with E-state index in [9.17, 15) is 19.8 Å². The van der Waals surface area contributed by atoms with Crippen molar-refractivity contribution in [3.63, 3.8) is 0 Å². The number of rotatable bonds is 6. The minimum atomic E-state index is -1.61. The zero-order valence-corrected chi connectivity index (χ0v) is 10.2. The van der Waals surface area contributed by atoms with Crippen molar-refractivity contribution >= 4 is 11.9 Å². The number of carboxylic acid groups (broad SMARTS) is 1. The number of carboxylic acids is 1. The van der Waals surface area contributed by atoms with Crippen LogP contribution in [0.3, 0.4) is 0 Å². The van der Waals surface area contributed by atoms with Crippen LogP contribution in [0.1, 0.15) is 30.1 Å². The number of aliphatic hydroxyl groups is 1. The summed E-state index contributed by atoms with van der Waals surface area (Å²) in [5.41, 5.74) is -1.24. The van der Waals surface area contributed by atoms with Gasteiger partial charge in [0.25, 0.3) is 5.91 Å². The summed E-state index contributed by atoms with van der Waals surface area (Å²) in [6, 6.07) is 8.32. The molecule has 1 atom stereocenters. The van der Waals surface area contributed by atoms with Gasteiger partial charge in [-0.2, -0.15) is 0 Å². The van der Waals surface area contributed by atoms with Crippen LogP contribution in [0.25, 0.3) is 0 Å². The highest BCUT2D eigenvalue weighted by atomic mass is 16.4. The fourth-order valence-electron chi connectivity index (χ4n) is 1.71. The lowest BCUT2D eigenvalue weighted by molar-refractivity contribution is -0.146. The average Bonchev–Trinajstić information content (AvgIpc) is 2.38. The third-order valence-corrected chi connectivity index (χ3v) is 2.74. The predicted molar refractivity (Wildman–Crippen MR) is 66.3 cm³/mol. The van der Waals surface area contributed by atoms with Crippen LogP contribution in [0, 0.1) is 0 Å². The standard InChI is InChI=1S/C13H17NO4/c1-2-8-13(9-15,12(17)18)14-11(16)10-6-4-3-5-7-10/h3-7,15H,2,8-9H2,1H3,(H,14,16)(H,17,18). The first kappa shape index (κ1) is 14.2. The molecule has 1 rings (SSSR count). The quantitative estimate of drug-likeness (QED) is 0.704. The summed E-state index contributed by atoms with van der Waals surface area (Å²) in [6.07, 6.45) is 0.722. The Hall–Kier alpha value is -1.88. The molecule has 0 saturated carbocycles. The molecule has 5 heteroatoms. The first-order chi connectivity index (χ1) is 8.55. The van der Waals surface area contributed by atoms with Crippen molar-refractivity contribution in [2.24, 2.45) is 0 Å². The zero-order valence-electron chi connectivity index (χ0n) is 10.2. The summed E-state index contributed by atoms with van der Waals surface area (Å²) in [7, 11) is 0. The largest absolute Gasteiger partial charge is 0.479 e. The molecule has 0 spiro atoms. The maximum Gasteiger partial charge on any atom is 0.331 e. The molecule has 18 heavy (non-hydrogen) atoms. The molecule has 98 valence electrons. The van der Waals surface area contributed by atoms with Crippen LogP contribution in [-0.4, -0.2) is 34.2 Å². The third-order valence-electron chi connectivity index (χ3n) is 2.74. The van der Waals surface area contributed by atoms with E-state index in [1.807, 2.05) is 0 Å². The lowest BCUT2D eigenvalue weighted by atomic mass is 9.94. The summed E-state index contributed by atoms with van der Waals surface area (Å²) in [6.45, 7) is 1.16. The van der Waals surface area contributed by atoms with E-state index in [0.717, 1.165) is 0 Å². The van der Waals surface area contributed by atoms with Gasteiger partial charge in [0.2, 0.25) is 0 Å². The molecule has 1 unspecified atom stereocenters. The number of hydrogen-bond acceptors (Lipinski definition) is 3. The Morgan fingerprint density at radius 2 is 1.89 bits per heavy atom. The Labute approximate surface area is 105 Å². The van der Waals surface area contributed by atoms with Crippen molar-refractivity contribution in [1.82, 2.24) is 5.32 Å². The minimum absolute atomic E-state index is 0.178. The first-order valence-corrected chi connectivity index (χ1v) is 5.77. The predicted octanol–water partition coefficient (Wildman–Crippen LogP) is 1.03. The molecule has 0 radical (unpaired) electrons.